The third kappa shape index (κ3) is 4.71. The van der Waals surface area contributed by atoms with Gasteiger partial charge < -0.3 is 14.5 Å². The second-order valence-corrected chi connectivity index (χ2v) is 7.27. The number of benzene rings is 3. The van der Waals surface area contributed by atoms with E-state index >= 15 is 0 Å². The zero-order valence-corrected chi connectivity index (χ0v) is 17.9. The van der Waals surface area contributed by atoms with Crippen LogP contribution < -0.4 is 5.32 Å². The monoisotopic (exact) mass is 446 g/mol. The molecule has 32 heavy (non-hydrogen) atoms. The fourth-order valence-electron chi connectivity index (χ4n) is 3.12. The standard InChI is InChI=1S/C25H19ClN2O4/c1-2-31-25(30)17-9-13-19(14-10-17)28-23(29)20-5-3-4-6-21(20)24-27-15-22(32-24)16-7-11-18(26)12-8-16/h3-15H,2H2,1H3,(H,28,29). The number of rotatable bonds is 6. The number of esters is 1. The fraction of sp³-hybridized carbons (Fsp3) is 0.0800. The van der Waals surface area contributed by atoms with Crippen LogP contribution in [0.2, 0.25) is 5.02 Å². The number of anilines is 1. The molecule has 0 bridgehead atoms. The SMILES string of the molecule is CCOC(=O)c1ccc(NC(=O)c2ccccc2-c2ncc(-c3ccc(Cl)cc3)o2)cc1. The molecule has 1 amide bonds. The highest BCUT2D eigenvalue weighted by Gasteiger charge is 2.17. The van der Waals surface area contributed by atoms with E-state index in [0.717, 1.165) is 5.56 Å². The number of oxazole rings is 1. The molecule has 1 N–H and O–H groups in total. The van der Waals surface area contributed by atoms with E-state index in [2.05, 4.69) is 10.3 Å². The molecule has 160 valence electrons. The van der Waals surface area contributed by atoms with Gasteiger partial charge in [0.2, 0.25) is 5.89 Å². The normalized spacial score (nSPS) is 10.6. The van der Waals surface area contributed by atoms with Gasteiger partial charge in [-0.2, -0.15) is 0 Å². The molecule has 3 aromatic carbocycles. The second kappa shape index (κ2) is 9.49. The summed E-state index contributed by atoms with van der Waals surface area (Å²) in [5, 5.41) is 3.47. The van der Waals surface area contributed by atoms with Gasteiger partial charge in [-0.25, -0.2) is 9.78 Å². The number of aromatic nitrogens is 1. The minimum absolute atomic E-state index is 0.300. The molecule has 0 unspecified atom stereocenters. The van der Waals surface area contributed by atoms with E-state index in [1.165, 1.54) is 0 Å². The third-order valence-corrected chi connectivity index (χ3v) is 4.94. The van der Waals surface area contributed by atoms with Crippen LogP contribution in [0.4, 0.5) is 5.69 Å². The van der Waals surface area contributed by atoms with Gasteiger partial charge in [0.25, 0.3) is 5.91 Å². The van der Waals surface area contributed by atoms with Crippen LogP contribution in [0.1, 0.15) is 27.6 Å². The van der Waals surface area contributed by atoms with Gasteiger partial charge in [-0.1, -0.05) is 23.7 Å². The average molecular weight is 447 g/mol. The molecular weight excluding hydrogens is 428 g/mol. The average Bonchev–Trinajstić information content (AvgIpc) is 3.30. The van der Waals surface area contributed by atoms with Crippen molar-refractivity contribution in [3.8, 4) is 22.8 Å². The Morgan fingerprint density at radius 1 is 1.00 bits per heavy atom. The zero-order chi connectivity index (χ0) is 22.5. The van der Waals surface area contributed by atoms with E-state index < -0.39 is 5.97 Å². The first-order valence-electron chi connectivity index (χ1n) is 9.95. The topological polar surface area (TPSA) is 81.4 Å². The van der Waals surface area contributed by atoms with Crippen LogP contribution in [0, 0.1) is 0 Å². The lowest BCUT2D eigenvalue weighted by Gasteiger charge is -2.09. The quantitative estimate of drug-likeness (QED) is 0.362. The molecule has 0 aliphatic carbocycles. The van der Waals surface area contributed by atoms with Crippen molar-refractivity contribution in [3.05, 3.63) is 95.1 Å². The van der Waals surface area contributed by atoms with Gasteiger partial charge in [0.05, 0.1) is 23.9 Å². The molecule has 0 saturated heterocycles. The minimum atomic E-state index is -0.406. The maximum absolute atomic E-state index is 13.0. The van der Waals surface area contributed by atoms with Crippen LogP contribution in [0.3, 0.4) is 0 Å². The number of amides is 1. The van der Waals surface area contributed by atoms with Crippen LogP contribution in [0.25, 0.3) is 22.8 Å². The second-order valence-electron chi connectivity index (χ2n) is 6.83. The summed E-state index contributed by atoms with van der Waals surface area (Å²) in [5.41, 5.74) is 2.77. The van der Waals surface area contributed by atoms with Gasteiger partial charge in [0, 0.05) is 21.8 Å². The zero-order valence-electron chi connectivity index (χ0n) is 17.2. The van der Waals surface area contributed by atoms with Crippen molar-refractivity contribution in [1.29, 1.82) is 0 Å². The van der Waals surface area contributed by atoms with E-state index in [9.17, 15) is 9.59 Å². The predicted octanol–water partition coefficient (Wildman–Crippen LogP) is 6.09. The van der Waals surface area contributed by atoms with E-state index in [1.807, 2.05) is 18.2 Å². The summed E-state index contributed by atoms with van der Waals surface area (Å²) < 4.78 is 10.9. The summed E-state index contributed by atoms with van der Waals surface area (Å²) in [6.07, 6.45) is 1.61. The van der Waals surface area contributed by atoms with Gasteiger partial charge in [-0.3, -0.25) is 4.79 Å². The molecule has 4 aromatic rings. The number of hydrogen-bond donors (Lipinski definition) is 1. The number of nitrogens with zero attached hydrogens (tertiary/aromatic N) is 1. The molecule has 4 rings (SSSR count). The third-order valence-electron chi connectivity index (χ3n) is 4.69. The molecule has 1 heterocycles. The van der Waals surface area contributed by atoms with Crippen LogP contribution in [0.5, 0.6) is 0 Å². The maximum atomic E-state index is 13.0. The number of nitrogens with one attached hydrogen (secondary N) is 1. The van der Waals surface area contributed by atoms with E-state index in [-0.39, 0.29) is 5.91 Å². The minimum Gasteiger partial charge on any atom is -0.462 e. The van der Waals surface area contributed by atoms with Crippen molar-refractivity contribution < 1.29 is 18.7 Å². The first-order valence-corrected chi connectivity index (χ1v) is 10.3. The Morgan fingerprint density at radius 2 is 1.72 bits per heavy atom. The van der Waals surface area contributed by atoms with Crippen LogP contribution in [-0.2, 0) is 4.74 Å². The number of carbonyl (C=O) groups excluding carboxylic acids is 2. The first kappa shape index (κ1) is 21.3. The highest BCUT2D eigenvalue weighted by atomic mass is 35.5. The largest absolute Gasteiger partial charge is 0.462 e. The maximum Gasteiger partial charge on any atom is 0.338 e. The molecule has 6 nitrogen and oxygen atoms in total. The van der Waals surface area contributed by atoms with E-state index in [1.54, 1.807) is 67.7 Å². The summed E-state index contributed by atoms with van der Waals surface area (Å²) >= 11 is 5.95. The predicted molar refractivity (Wildman–Crippen MR) is 123 cm³/mol. The molecule has 0 aliphatic heterocycles. The van der Waals surface area contributed by atoms with Crippen LogP contribution in [0.15, 0.2) is 83.4 Å². The van der Waals surface area contributed by atoms with E-state index in [4.69, 9.17) is 20.8 Å². The number of carbonyl (C=O) groups is 2. The number of hydrogen-bond acceptors (Lipinski definition) is 5. The van der Waals surface area contributed by atoms with Crippen molar-refractivity contribution in [1.82, 2.24) is 4.98 Å². The molecule has 0 atom stereocenters. The highest BCUT2D eigenvalue weighted by Crippen LogP contribution is 2.29. The Hall–Kier alpha value is -3.90. The molecule has 0 aliphatic rings. The Kier molecular flexibility index (Phi) is 6.33. The smallest absolute Gasteiger partial charge is 0.338 e. The molecular formula is C25H19ClN2O4. The van der Waals surface area contributed by atoms with Gasteiger partial charge in [0.1, 0.15) is 0 Å². The Labute approximate surface area is 189 Å². The molecule has 7 heteroatoms. The highest BCUT2D eigenvalue weighted by molar-refractivity contribution is 6.30. The van der Waals surface area contributed by atoms with Crippen LogP contribution in [-0.4, -0.2) is 23.5 Å². The molecule has 0 radical (unpaired) electrons. The molecule has 1 aromatic heterocycles. The first-order chi connectivity index (χ1) is 15.5. The lowest BCUT2D eigenvalue weighted by Crippen LogP contribution is -2.13. The van der Waals surface area contributed by atoms with Gasteiger partial charge in [-0.05, 0) is 67.6 Å². The molecule has 0 spiro atoms. The Balaban J connectivity index is 1.55. The number of ether oxygens (including phenoxy) is 1. The summed E-state index contributed by atoms with van der Waals surface area (Å²) in [6, 6.07) is 20.8. The van der Waals surface area contributed by atoms with E-state index in [0.29, 0.717) is 45.7 Å². The van der Waals surface area contributed by atoms with Gasteiger partial charge in [0.15, 0.2) is 5.76 Å². The van der Waals surface area contributed by atoms with Crippen LogP contribution >= 0.6 is 11.6 Å². The van der Waals surface area contributed by atoms with Gasteiger partial charge in [-0.15, -0.1) is 0 Å². The Bertz CT molecular complexity index is 1250. The summed E-state index contributed by atoms with van der Waals surface area (Å²) in [7, 11) is 0. The van der Waals surface area contributed by atoms with Crippen molar-refractivity contribution in [2.24, 2.45) is 0 Å². The number of halogens is 1. The fourth-order valence-corrected chi connectivity index (χ4v) is 3.24. The summed E-state index contributed by atoms with van der Waals surface area (Å²) in [5.74, 6) is 0.173. The van der Waals surface area contributed by atoms with Crippen molar-refractivity contribution >= 4 is 29.2 Å². The molecule has 0 saturated carbocycles. The van der Waals surface area contributed by atoms with Crippen molar-refractivity contribution in [2.75, 3.05) is 11.9 Å². The lowest BCUT2D eigenvalue weighted by atomic mass is 10.1. The Morgan fingerprint density at radius 3 is 2.44 bits per heavy atom. The lowest BCUT2D eigenvalue weighted by molar-refractivity contribution is 0.0526. The summed E-state index contributed by atoms with van der Waals surface area (Å²) in [6.45, 7) is 2.05. The van der Waals surface area contributed by atoms with Gasteiger partial charge >= 0.3 is 5.97 Å². The summed E-state index contributed by atoms with van der Waals surface area (Å²) in [4.78, 5) is 29.1. The van der Waals surface area contributed by atoms with Crippen molar-refractivity contribution in [3.63, 3.8) is 0 Å². The molecule has 0 fully saturated rings. The van der Waals surface area contributed by atoms with Crippen molar-refractivity contribution in [2.45, 2.75) is 6.92 Å².